The van der Waals surface area contributed by atoms with Gasteiger partial charge in [-0.15, -0.1) is 0 Å². The van der Waals surface area contributed by atoms with Gasteiger partial charge < -0.3 is 15.4 Å². The summed E-state index contributed by atoms with van der Waals surface area (Å²) in [6.07, 6.45) is 3.52. The smallest absolute Gasteiger partial charge is 0.237 e. The van der Waals surface area contributed by atoms with Gasteiger partial charge in [-0.05, 0) is 38.4 Å². The SMILES string of the molecule is CCNC(=O)C1CC(c2ncccc2OC)CCN1. The summed E-state index contributed by atoms with van der Waals surface area (Å²) in [5, 5.41) is 6.12. The first-order valence-electron chi connectivity index (χ1n) is 6.76. The highest BCUT2D eigenvalue weighted by molar-refractivity contribution is 5.81. The largest absolute Gasteiger partial charge is 0.495 e. The summed E-state index contributed by atoms with van der Waals surface area (Å²) in [6, 6.07) is 3.65. The van der Waals surface area contributed by atoms with Gasteiger partial charge in [-0.2, -0.15) is 0 Å². The molecule has 1 aliphatic heterocycles. The van der Waals surface area contributed by atoms with Gasteiger partial charge in [0.2, 0.25) is 5.91 Å². The van der Waals surface area contributed by atoms with Crippen molar-refractivity contribution in [3.05, 3.63) is 24.0 Å². The van der Waals surface area contributed by atoms with Crippen LogP contribution in [0.25, 0.3) is 0 Å². The van der Waals surface area contributed by atoms with E-state index >= 15 is 0 Å². The first kappa shape index (κ1) is 13.8. The van der Waals surface area contributed by atoms with Gasteiger partial charge in [0.25, 0.3) is 0 Å². The third kappa shape index (κ3) is 3.23. The highest BCUT2D eigenvalue weighted by atomic mass is 16.5. The zero-order valence-corrected chi connectivity index (χ0v) is 11.5. The zero-order chi connectivity index (χ0) is 13.7. The minimum absolute atomic E-state index is 0.0714. The Balaban J connectivity index is 2.10. The summed E-state index contributed by atoms with van der Waals surface area (Å²) in [7, 11) is 1.66. The first-order chi connectivity index (χ1) is 9.26. The number of methoxy groups -OCH3 is 1. The van der Waals surface area contributed by atoms with E-state index in [1.54, 1.807) is 13.3 Å². The van der Waals surface area contributed by atoms with Gasteiger partial charge in [0.05, 0.1) is 18.8 Å². The van der Waals surface area contributed by atoms with Crippen LogP contribution < -0.4 is 15.4 Å². The van der Waals surface area contributed by atoms with E-state index in [1.165, 1.54) is 0 Å². The zero-order valence-electron chi connectivity index (χ0n) is 11.5. The summed E-state index contributed by atoms with van der Waals surface area (Å²) < 4.78 is 5.36. The Morgan fingerprint density at radius 2 is 2.47 bits per heavy atom. The van der Waals surface area contributed by atoms with E-state index < -0.39 is 0 Å². The molecule has 2 N–H and O–H groups in total. The molecule has 19 heavy (non-hydrogen) atoms. The number of hydrogen-bond acceptors (Lipinski definition) is 4. The quantitative estimate of drug-likeness (QED) is 0.852. The van der Waals surface area contributed by atoms with Crippen LogP contribution in [0.4, 0.5) is 0 Å². The van der Waals surface area contributed by atoms with Gasteiger partial charge in [0.1, 0.15) is 5.75 Å². The summed E-state index contributed by atoms with van der Waals surface area (Å²) in [6.45, 7) is 3.42. The minimum atomic E-state index is -0.134. The van der Waals surface area contributed by atoms with Crippen molar-refractivity contribution in [1.82, 2.24) is 15.6 Å². The number of carbonyl (C=O) groups is 1. The van der Waals surface area contributed by atoms with Crippen LogP contribution in [0, 0.1) is 0 Å². The second-order valence-corrected chi connectivity index (χ2v) is 4.71. The molecule has 0 bridgehead atoms. The molecule has 1 aromatic heterocycles. The average Bonchev–Trinajstić information content (AvgIpc) is 2.47. The van der Waals surface area contributed by atoms with Gasteiger partial charge in [0, 0.05) is 18.7 Å². The predicted octanol–water partition coefficient (Wildman–Crippen LogP) is 1.06. The number of rotatable bonds is 4. The van der Waals surface area contributed by atoms with Crippen LogP contribution in [-0.4, -0.2) is 37.1 Å². The Morgan fingerprint density at radius 1 is 1.63 bits per heavy atom. The maximum absolute atomic E-state index is 11.9. The molecule has 0 aliphatic carbocycles. The fraction of sp³-hybridized carbons (Fsp3) is 0.571. The molecule has 0 aromatic carbocycles. The molecule has 104 valence electrons. The number of nitrogens with one attached hydrogen (secondary N) is 2. The van der Waals surface area contributed by atoms with Crippen molar-refractivity contribution in [2.24, 2.45) is 0 Å². The summed E-state index contributed by atoms with van der Waals surface area (Å²) in [5.41, 5.74) is 0.959. The summed E-state index contributed by atoms with van der Waals surface area (Å²) in [5.74, 6) is 1.15. The maximum atomic E-state index is 11.9. The van der Waals surface area contributed by atoms with E-state index in [2.05, 4.69) is 15.6 Å². The number of likely N-dealkylation sites (N-methyl/N-ethyl adjacent to an activating group) is 1. The van der Waals surface area contributed by atoms with Crippen molar-refractivity contribution in [3.8, 4) is 5.75 Å². The maximum Gasteiger partial charge on any atom is 0.237 e. The lowest BCUT2D eigenvalue weighted by atomic mass is 9.88. The molecule has 0 saturated carbocycles. The van der Waals surface area contributed by atoms with E-state index in [-0.39, 0.29) is 17.9 Å². The van der Waals surface area contributed by atoms with Gasteiger partial charge in [-0.1, -0.05) is 0 Å². The molecule has 1 fully saturated rings. The Morgan fingerprint density at radius 3 is 3.21 bits per heavy atom. The van der Waals surface area contributed by atoms with Gasteiger partial charge in [-0.25, -0.2) is 0 Å². The molecule has 2 unspecified atom stereocenters. The molecular formula is C14H21N3O2. The van der Waals surface area contributed by atoms with E-state index in [1.807, 2.05) is 19.1 Å². The third-order valence-electron chi connectivity index (χ3n) is 3.48. The molecular weight excluding hydrogens is 242 g/mol. The number of nitrogens with zero attached hydrogens (tertiary/aromatic N) is 1. The highest BCUT2D eigenvalue weighted by Gasteiger charge is 2.29. The fourth-order valence-electron chi connectivity index (χ4n) is 2.54. The molecule has 1 aliphatic rings. The van der Waals surface area contributed by atoms with Gasteiger partial charge >= 0.3 is 0 Å². The summed E-state index contributed by atoms with van der Waals surface area (Å²) >= 11 is 0. The van der Waals surface area contributed by atoms with Gasteiger partial charge in [-0.3, -0.25) is 9.78 Å². The van der Waals surface area contributed by atoms with Crippen LogP contribution in [0.5, 0.6) is 5.75 Å². The number of aromatic nitrogens is 1. The molecule has 0 spiro atoms. The molecule has 1 aromatic rings. The Hall–Kier alpha value is -1.62. The number of piperidine rings is 1. The van der Waals surface area contributed by atoms with Crippen LogP contribution in [0.1, 0.15) is 31.4 Å². The van der Waals surface area contributed by atoms with Crippen LogP contribution >= 0.6 is 0 Å². The second-order valence-electron chi connectivity index (χ2n) is 4.71. The number of ether oxygens (including phenoxy) is 1. The Labute approximate surface area is 113 Å². The Kier molecular flexibility index (Phi) is 4.74. The first-order valence-corrected chi connectivity index (χ1v) is 6.76. The Bertz CT molecular complexity index is 436. The molecule has 5 nitrogen and oxygen atoms in total. The lowest BCUT2D eigenvalue weighted by molar-refractivity contribution is -0.123. The van der Waals surface area contributed by atoms with E-state index in [0.717, 1.165) is 30.8 Å². The van der Waals surface area contributed by atoms with Crippen molar-refractivity contribution >= 4 is 5.91 Å². The molecule has 2 heterocycles. The lowest BCUT2D eigenvalue weighted by Gasteiger charge is -2.29. The molecule has 2 rings (SSSR count). The van der Waals surface area contributed by atoms with Crippen LogP contribution in [-0.2, 0) is 4.79 Å². The van der Waals surface area contributed by atoms with Crippen LogP contribution in [0.15, 0.2) is 18.3 Å². The van der Waals surface area contributed by atoms with E-state index in [9.17, 15) is 4.79 Å². The second kappa shape index (κ2) is 6.52. The molecule has 0 radical (unpaired) electrons. The number of pyridine rings is 1. The third-order valence-corrected chi connectivity index (χ3v) is 3.48. The summed E-state index contributed by atoms with van der Waals surface area (Å²) in [4.78, 5) is 16.3. The number of carbonyl (C=O) groups excluding carboxylic acids is 1. The van der Waals surface area contributed by atoms with Crippen molar-refractivity contribution in [2.75, 3.05) is 20.2 Å². The topological polar surface area (TPSA) is 63.2 Å². The molecule has 5 heteroatoms. The van der Waals surface area contributed by atoms with Crippen LogP contribution in [0.2, 0.25) is 0 Å². The average molecular weight is 263 g/mol. The molecule has 1 amide bonds. The van der Waals surface area contributed by atoms with E-state index in [4.69, 9.17) is 4.74 Å². The molecule has 1 saturated heterocycles. The lowest BCUT2D eigenvalue weighted by Crippen LogP contribution is -2.48. The number of hydrogen-bond donors (Lipinski definition) is 2. The fourth-order valence-corrected chi connectivity index (χ4v) is 2.54. The van der Waals surface area contributed by atoms with Crippen molar-refractivity contribution in [2.45, 2.75) is 31.7 Å². The van der Waals surface area contributed by atoms with Crippen LogP contribution in [0.3, 0.4) is 0 Å². The van der Waals surface area contributed by atoms with Crippen molar-refractivity contribution < 1.29 is 9.53 Å². The molecule has 2 atom stereocenters. The number of amides is 1. The standard InChI is InChI=1S/C14H21N3O2/c1-3-15-14(18)11-9-10(6-8-16-11)13-12(19-2)5-4-7-17-13/h4-5,7,10-11,16H,3,6,8-9H2,1-2H3,(H,15,18). The van der Waals surface area contributed by atoms with Crippen molar-refractivity contribution in [1.29, 1.82) is 0 Å². The predicted molar refractivity (Wildman–Crippen MR) is 73.2 cm³/mol. The van der Waals surface area contributed by atoms with Crippen molar-refractivity contribution in [3.63, 3.8) is 0 Å². The minimum Gasteiger partial charge on any atom is -0.495 e. The highest BCUT2D eigenvalue weighted by Crippen LogP contribution is 2.32. The monoisotopic (exact) mass is 263 g/mol. The van der Waals surface area contributed by atoms with Gasteiger partial charge in [0.15, 0.2) is 0 Å². The normalized spacial score (nSPS) is 22.8. The van der Waals surface area contributed by atoms with E-state index in [0.29, 0.717) is 6.54 Å².